The molecule has 0 radical (unpaired) electrons. The van der Waals surface area contributed by atoms with Gasteiger partial charge in [-0.25, -0.2) is 4.79 Å². The summed E-state index contributed by atoms with van der Waals surface area (Å²) in [5.41, 5.74) is 0.0945. The maximum absolute atomic E-state index is 12.5. The van der Waals surface area contributed by atoms with E-state index in [1.807, 2.05) is 6.07 Å². The number of hydrogen-bond donors (Lipinski definition) is 1. The van der Waals surface area contributed by atoms with Gasteiger partial charge in [-0.1, -0.05) is 12.1 Å². The number of furan rings is 1. The lowest BCUT2D eigenvalue weighted by Crippen LogP contribution is -2.44. The number of ether oxygens (including phenoxy) is 2. The van der Waals surface area contributed by atoms with E-state index < -0.39 is 12.1 Å². The largest absolute Gasteiger partial charge is 0.485 e. The summed E-state index contributed by atoms with van der Waals surface area (Å²) in [5, 5.41) is 9.04. The normalized spacial score (nSPS) is 15.8. The summed E-state index contributed by atoms with van der Waals surface area (Å²) in [6.07, 6.45) is -0.750. The van der Waals surface area contributed by atoms with Crippen LogP contribution in [0, 0.1) is 6.92 Å². The Kier molecular flexibility index (Phi) is 4.16. The molecule has 2 heterocycles. The molecule has 1 atom stereocenters. The fourth-order valence-corrected chi connectivity index (χ4v) is 2.53. The minimum absolute atomic E-state index is 0.0945. The molecule has 0 saturated heterocycles. The predicted octanol–water partition coefficient (Wildman–Crippen LogP) is 2.08. The standard InChI is InChI=1S/C17H17NO6/c1-10-12(17(20)21)7-11(23-10)8-18(2)16(19)15-9-22-13-5-3-4-6-14(13)24-15/h3-7,15H,8-9H2,1-2H3,(H,20,21). The first-order valence-corrected chi connectivity index (χ1v) is 7.41. The summed E-state index contributed by atoms with van der Waals surface area (Å²) < 4.78 is 16.6. The lowest BCUT2D eigenvalue weighted by Gasteiger charge is -2.28. The number of carbonyl (C=O) groups is 2. The molecule has 0 spiro atoms. The van der Waals surface area contributed by atoms with Crippen molar-refractivity contribution in [1.29, 1.82) is 0 Å². The highest BCUT2D eigenvalue weighted by molar-refractivity contribution is 5.88. The number of carbonyl (C=O) groups excluding carboxylic acids is 1. The highest BCUT2D eigenvalue weighted by Gasteiger charge is 2.30. The average molecular weight is 331 g/mol. The molecular weight excluding hydrogens is 314 g/mol. The smallest absolute Gasteiger partial charge is 0.339 e. The van der Waals surface area contributed by atoms with Gasteiger partial charge in [0.1, 0.15) is 23.7 Å². The molecule has 1 amide bonds. The number of likely N-dealkylation sites (N-methyl/N-ethyl adjacent to an activating group) is 1. The molecule has 0 aliphatic carbocycles. The third-order valence-electron chi connectivity index (χ3n) is 3.75. The van der Waals surface area contributed by atoms with E-state index in [0.717, 1.165) is 0 Å². The van der Waals surface area contributed by atoms with Gasteiger partial charge in [0.05, 0.1) is 6.54 Å². The maximum atomic E-state index is 12.5. The van der Waals surface area contributed by atoms with Gasteiger partial charge in [-0.05, 0) is 25.1 Å². The first kappa shape index (κ1) is 15.9. The molecule has 0 bridgehead atoms. The Morgan fingerprint density at radius 2 is 2.00 bits per heavy atom. The Morgan fingerprint density at radius 1 is 1.29 bits per heavy atom. The first-order valence-electron chi connectivity index (χ1n) is 7.41. The van der Waals surface area contributed by atoms with Crippen LogP contribution < -0.4 is 9.47 Å². The molecule has 2 aromatic rings. The van der Waals surface area contributed by atoms with E-state index >= 15 is 0 Å². The highest BCUT2D eigenvalue weighted by atomic mass is 16.6. The van der Waals surface area contributed by atoms with Crippen molar-refractivity contribution in [3.63, 3.8) is 0 Å². The van der Waals surface area contributed by atoms with Crippen molar-refractivity contribution in [2.75, 3.05) is 13.7 Å². The number of hydrogen-bond acceptors (Lipinski definition) is 5. The molecule has 3 rings (SSSR count). The van der Waals surface area contributed by atoms with Crippen LogP contribution in [0.4, 0.5) is 0 Å². The summed E-state index contributed by atoms with van der Waals surface area (Å²) >= 11 is 0. The molecule has 1 aliphatic heterocycles. The molecule has 0 fully saturated rings. The number of aryl methyl sites for hydroxylation is 1. The Balaban J connectivity index is 1.67. The number of para-hydroxylation sites is 2. The highest BCUT2D eigenvalue weighted by Crippen LogP contribution is 2.31. The third-order valence-corrected chi connectivity index (χ3v) is 3.75. The van der Waals surface area contributed by atoms with Crippen molar-refractivity contribution in [2.45, 2.75) is 19.6 Å². The number of nitrogens with zero attached hydrogens (tertiary/aromatic N) is 1. The van der Waals surface area contributed by atoms with Gasteiger partial charge < -0.3 is 23.9 Å². The number of carboxylic acid groups (broad SMARTS) is 1. The Labute approximate surface area is 138 Å². The molecule has 24 heavy (non-hydrogen) atoms. The SMILES string of the molecule is Cc1oc(CN(C)C(=O)C2COc3ccccc3O2)cc1C(=O)O. The summed E-state index contributed by atoms with van der Waals surface area (Å²) in [6, 6.07) is 8.57. The van der Waals surface area contributed by atoms with Gasteiger partial charge in [0, 0.05) is 7.05 Å². The quantitative estimate of drug-likeness (QED) is 0.923. The first-order chi connectivity index (χ1) is 11.5. The summed E-state index contributed by atoms with van der Waals surface area (Å²) in [5.74, 6) is 0.518. The van der Waals surface area contributed by atoms with Crippen LogP contribution in [-0.2, 0) is 11.3 Å². The number of aromatic carboxylic acids is 1. The van der Waals surface area contributed by atoms with E-state index in [1.54, 1.807) is 32.2 Å². The van der Waals surface area contributed by atoms with Crippen LogP contribution in [0.15, 0.2) is 34.7 Å². The molecule has 0 saturated carbocycles. The number of benzene rings is 1. The van der Waals surface area contributed by atoms with Crippen molar-refractivity contribution >= 4 is 11.9 Å². The van der Waals surface area contributed by atoms with Gasteiger partial charge in [0.2, 0.25) is 6.10 Å². The molecule has 1 aromatic carbocycles. The van der Waals surface area contributed by atoms with E-state index in [4.69, 9.17) is 19.0 Å². The van der Waals surface area contributed by atoms with Gasteiger partial charge in [0.15, 0.2) is 11.5 Å². The Morgan fingerprint density at radius 3 is 2.67 bits per heavy atom. The minimum atomic E-state index is -1.06. The minimum Gasteiger partial charge on any atom is -0.485 e. The molecular formula is C17H17NO6. The van der Waals surface area contributed by atoms with Crippen LogP contribution >= 0.6 is 0 Å². The summed E-state index contributed by atoms with van der Waals surface area (Å²) in [4.78, 5) is 25.0. The molecule has 1 unspecified atom stereocenters. The summed E-state index contributed by atoms with van der Waals surface area (Å²) in [6.45, 7) is 1.84. The fourth-order valence-electron chi connectivity index (χ4n) is 2.53. The van der Waals surface area contributed by atoms with Gasteiger partial charge in [-0.15, -0.1) is 0 Å². The van der Waals surface area contributed by atoms with E-state index in [2.05, 4.69) is 0 Å². The van der Waals surface area contributed by atoms with Crippen molar-refractivity contribution in [3.8, 4) is 11.5 Å². The van der Waals surface area contributed by atoms with Crippen LogP contribution in [0.1, 0.15) is 21.9 Å². The van der Waals surface area contributed by atoms with Crippen LogP contribution in [0.3, 0.4) is 0 Å². The number of fused-ring (bicyclic) bond motifs is 1. The number of carboxylic acids is 1. The zero-order valence-electron chi connectivity index (χ0n) is 13.3. The Bertz CT molecular complexity index is 781. The van der Waals surface area contributed by atoms with Gasteiger partial charge in [-0.2, -0.15) is 0 Å². The lowest BCUT2D eigenvalue weighted by atomic mass is 10.2. The third kappa shape index (κ3) is 3.05. The van der Waals surface area contributed by atoms with Crippen LogP contribution in [0.25, 0.3) is 0 Å². The second kappa shape index (κ2) is 6.27. The van der Waals surface area contributed by atoms with Crippen LogP contribution in [-0.4, -0.2) is 41.6 Å². The molecule has 1 aliphatic rings. The van der Waals surface area contributed by atoms with Crippen molar-refractivity contribution in [1.82, 2.24) is 4.90 Å². The molecule has 1 aromatic heterocycles. The molecule has 7 heteroatoms. The van der Waals surface area contributed by atoms with E-state index in [0.29, 0.717) is 23.0 Å². The van der Waals surface area contributed by atoms with Crippen LogP contribution in [0.5, 0.6) is 11.5 Å². The lowest BCUT2D eigenvalue weighted by molar-refractivity contribution is -0.140. The maximum Gasteiger partial charge on any atom is 0.339 e. The second-order valence-electron chi connectivity index (χ2n) is 5.55. The monoisotopic (exact) mass is 331 g/mol. The fraction of sp³-hybridized carbons (Fsp3) is 0.294. The van der Waals surface area contributed by atoms with Crippen molar-refractivity contribution in [2.24, 2.45) is 0 Å². The van der Waals surface area contributed by atoms with Crippen molar-refractivity contribution in [3.05, 3.63) is 47.4 Å². The van der Waals surface area contributed by atoms with Gasteiger partial charge in [-0.3, -0.25) is 4.79 Å². The summed E-state index contributed by atoms with van der Waals surface area (Å²) in [7, 11) is 1.60. The van der Waals surface area contributed by atoms with E-state index in [-0.39, 0.29) is 24.6 Å². The van der Waals surface area contributed by atoms with E-state index in [9.17, 15) is 9.59 Å². The number of rotatable bonds is 4. The Hall–Kier alpha value is -2.96. The second-order valence-corrected chi connectivity index (χ2v) is 5.55. The number of amides is 1. The predicted molar refractivity (Wildman–Crippen MR) is 83.2 cm³/mol. The van der Waals surface area contributed by atoms with Crippen LogP contribution in [0.2, 0.25) is 0 Å². The molecule has 7 nitrogen and oxygen atoms in total. The van der Waals surface area contributed by atoms with E-state index in [1.165, 1.54) is 11.0 Å². The molecule has 1 N–H and O–H groups in total. The zero-order valence-corrected chi connectivity index (χ0v) is 13.3. The van der Waals surface area contributed by atoms with Crippen molar-refractivity contribution < 1.29 is 28.6 Å². The molecule has 126 valence electrons. The van der Waals surface area contributed by atoms with Gasteiger partial charge >= 0.3 is 5.97 Å². The van der Waals surface area contributed by atoms with Gasteiger partial charge in [0.25, 0.3) is 5.91 Å². The zero-order chi connectivity index (χ0) is 17.3. The average Bonchev–Trinajstić information content (AvgIpc) is 2.94. The topological polar surface area (TPSA) is 89.2 Å².